The van der Waals surface area contributed by atoms with Crippen LogP contribution in [0, 0.1) is 11.6 Å². The van der Waals surface area contributed by atoms with Gasteiger partial charge in [0.05, 0.1) is 17.8 Å². The van der Waals surface area contributed by atoms with Gasteiger partial charge in [-0.15, -0.1) is 0 Å². The van der Waals surface area contributed by atoms with Gasteiger partial charge in [0.15, 0.2) is 5.82 Å². The minimum Gasteiger partial charge on any atom is -0.366 e. The summed E-state index contributed by atoms with van der Waals surface area (Å²) in [6.07, 6.45) is 2.96. The SMILES string of the molecule is O=C1c2c(F)cc(N3CC4CC(C3)N4)c(F)c2CN1C1CCCNC1. The lowest BCUT2D eigenvalue weighted by molar-refractivity contribution is 0.0671. The van der Waals surface area contributed by atoms with E-state index in [1.165, 1.54) is 6.07 Å². The van der Waals surface area contributed by atoms with E-state index in [0.29, 0.717) is 37.4 Å². The molecule has 1 amide bonds. The fourth-order valence-corrected chi connectivity index (χ4v) is 4.76. The second-order valence-corrected chi connectivity index (χ2v) is 7.68. The number of nitrogens with one attached hydrogen (secondary N) is 2. The highest BCUT2D eigenvalue weighted by molar-refractivity contribution is 5.99. The van der Waals surface area contributed by atoms with Gasteiger partial charge in [-0.2, -0.15) is 0 Å². The number of piperidine rings is 2. The van der Waals surface area contributed by atoms with Gasteiger partial charge in [-0.25, -0.2) is 8.78 Å². The molecule has 0 aromatic heterocycles. The normalized spacial score (nSPS) is 31.1. The first-order chi connectivity index (χ1) is 12.1. The monoisotopic (exact) mass is 348 g/mol. The number of anilines is 1. The molecule has 4 saturated heterocycles. The van der Waals surface area contributed by atoms with Gasteiger partial charge < -0.3 is 20.4 Å². The lowest BCUT2D eigenvalue weighted by Crippen LogP contribution is -2.67. The maximum Gasteiger partial charge on any atom is 0.257 e. The largest absolute Gasteiger partial charge is 0.366 e. The van der Waals surface area contributed by atoms with Crippen LogP contribution in [0.3, 0.4) is 0 Å². The molecule has 134 valence electrons. The summed E-state index contributed by atoms with van der Waals surface area (Å²) in [5.41, 5.74) is 0.480. The van der Waals surface area contributed by atoms with Crippen LogP contribution in [0.2, 0.25) is 0 Å². The Kier molecular flexibility index (Phi) is 3.50. The third-order valence-electron chi connectivity index (χ3n) is 6.07. The topological polar surface area (TPSA) is 47.6 Å². The molecule has 7 heteroatoms. The zero-order valence-corrected chi connectivity index (χ0v) is 14.0. The number of rotatable bonds is 2. The van der Waals surface area contributed by atoms with Crippen LogP contribution in [-0.4, -0.2) is 55.1 Å². The van der Waals surface area contributed by atoms with Gasteiger partial charge in [-0.05, 0) is 25.8 Å². The molecule has 2 N–H and O–H groups in total. The first kappa shape index (κ1) is 15.5. The number of halogens is 2. The van der Waals surface area contributed by atoms with E-state index in [1.54, 1.807) is 4.90 Å². The number of hydrogen-bond acceptors (Lipinski definition) is 4. The minimum atomic E-state index is -0.588. The predicted octanol–water partition coefficient (Wildman–Crippen LogP) is 1.22. The Bertz CT molecular complexity index is 718. The highest BCUT2D eigenvalue weighted by Gasteiger charge is 2.41. The van der Waals surface area contributed by atoms with Crippen molar-refractivity contribution < 1.29 is 13.6 Å². The molecule has 0 spiro atoms. The van der Waals surface area contributed by atoms with Gasteiger partial charge in [-0.3, -0.25) is 4.79 Å². The molecule has 3 atom stereocenters. The Morgan fingerprint density at radius 2 is 1.96 bits per heavy atom. The van der Waals surface area contributed by atoms with E-state index >= 15 is 4.39 Å². The van der Waals surface area contributed by atoms with Crippen molar-refractivity contribution in [3.05, 3.63) is 28.8 Å². The van der Waals surface area contributed by atoms with Crippen molar-refractivity contribution >= 4 is 11.6 Å². The van der Waals surface area contributed by atoms with E-state index in [-0.39, 0.29) is 29.6 Å². The van der Waals surface area contributed by atoms with Crippen LogP contribution in [0.5, 0.6) is 0 Å². The third-order valence-corrected chi connectivity index (χ3v) is 6.07. The summed E-state index contributed by atoms with van der Waals surface area (Å²) in [7, 11) is 0. The number of nitrogens with zero attached hydrogens (tertiary/aromatic N) is 2. The van der Waals surface area contributed by atoms with E-state index in [4.69, 9.17) is 0 Å². The molecule has 4 fully saturated rings. The van der Waals surface area contributed by atoms with Gasteiger partial charge in [0.1, 0.15) is 5.82 Å². The van der Waals surface area contributed by atoms with Crippen LogP contribution in [0.15, 0.2) is 6.07 Å². The van der Waals surface area contributed by atoms with Gasteiger partial charge in [0, 0.05) is 49.4 Å². The van der Waals surface area contributed by atoms with Crippen molar-refractivity contribution in [1.29, 1.82) is 0 Å². The fraction of sp³-hybridized carbons (Fsp3) is 0.611. The first-order valence-corrected chi connectivity index (χ1v) is 9.15. The quantitative estimate of drug-likeness (QED) is 0.844. The predicted molar refractivity (Wildman–Crippen MR) is 89.7 cm³/mol. The first-order valence-electron chi connectivity index (χ1n) is 9.15. The van der Waals surface area contributed by atoms with Crippen LogP contribution in [0.25, 0.3) is 0 Å². The Morgan fingerprint density at radius 1 is 1.20 bits per heavy atom. The van der Waals surface area contributed by atoms with Crippen LogP contribution < -0.4 is 15.5 Å². The Labute approximate surface area is 145 Å². The summed E-state index contributed by atoms with van der Waals surface area (Å²) in [5.74, 6) is -1.37. The number of amides is 1. The van der Waals surface area contributed by atoms with Crippen LogP contribution in [0.4, 0.5) is 14.5 Å². The van der Waals surface area contributed by atoms with Crippen molar-refractivity contribution in [1.82, 2.24) is 15.5 Å². The van der Waals surface area contributed by atoms with Crippen molar-refractivity contribution in [2.24, 2.45) is 0 Å². The lowest BCUT2D eigenvalue weighted by Gasteiger charge is -2.49. The van der Waals surface area contributed by atoms with Crippen molar-refractivity contribution in [3.63, 3.8) is 0 Å². The van der Waals surface area contributed by atoms with Crippen LogP contribution in [-0.2, 0) is 6.54 Å². The van der Waals surface area contributed by atoms with Gasteiger partial charge >= 0.3 is 0 Å². The lowest BCUT2D eigenvalue weighted by atomic mass is 9.90. The molecule has 6 rings (SSSR count). The number of piperazine rings is 1. The maximum atomic E-state index is 15.2. The Morgan fingerprint density at radius 3 is 2.64 bits per heavy atom. The zero-order chi connectivity index (χ0) is 17.1. The molecule has 0 radical (unpaired) electrons. The molecule has 3 unspecified atom stereocenters. The van der Waals surface area contributed by atoms with Crippen LogP contribution >= 0.6 is 0 Å². The summed E-state index contributed by atoms with van der Waals surface area (Å²) in [4.78, 5) is 16.2. The summed E-state index contributed by atoms with van der Waals surface area (Å²) in [6.45, 7) is 3.18. The van der Waals surface area contributed by atoms with E-state index in [0.717, 1.165) is 25.8 Å². The average molecular weight is 348 g/mol. The van der Waals surface area contributed by atoms with Crippen molar-refractivity contribution in [2.75, 3.05) is 31.1 Å². The van der Waals surface area contributed by atoms with Crippen molar-refractivity contribution in [3.8, 4) is 0 Å². The maximum absolute atomic E-state index is 15.2. The molecule has 5 heterocycles. The minimum absolute atomic E-state index is 0.0164. The second-order valence-electron chi connectivity index (χ2n) is 7.68. The molecular formula is C18H22F2N4O. The molecule has 0 saturated carbocycles. The smallest absolute Gasteiger partial charge is 0.257 e. The number of benzene rings is 1. The van der Waals surface area contributed by atoms with Gasteiger partial charge in [0.2, 0.25) is 0 Å². The third kappa shape index (κ3) is 2.36. The molecule has 1 aromatic carbocycles. The Balaban J connectivity index is 1.47. The number of carbonyl (C=O) groups excluding carboxylic acids is 1. The molecule has 5 aliphatic heterocycles. The highest BCUT2D eigenvalue weighted by atomic mass is 19.1. The molecular weight excluding hydrogens is 326 g/mol. The molecule has 25 heavy (non-hydrogen) atoms. The standard InChI is InChI=1S/C18H22F2N4O/c19-14-5-15(23-7-10-4-11(8-23)22-10)17(20)13-9-24(18(25)16(13)14)12-2-1-3-21-6-12/h5,10-12,21-22H,1-4,6-9H2. The summed E-state index contributed by atoms with van der Waals surface area (Å²) in [6, 6.07) is 1.96. The van der Waals surface area contributed by atoms with Crippen molar-refractivity contribution in [2.45, 2.75) is 43.9 Å². The van der Waals surface area contributed by atoms with E-state index in [2.05, 4.69) is 10.6 Å². The average Bonchev–Trinajstić information content (AvgIpc) is 2.97. The van der Waals surface area contributed by atoms with Gasteiger partial charge in [0.25, 0.3) is 5.91 Å². The summed E-state index contributed by atoms with van der Waals surface area (Å²) >= 11 is 0. The van der Waals surface area contributed by atoms with Crippen LogP contribution in [0.1, 0.15) is 35.2 Å². The highest BCUT2D eigenvalue weighted by Crippen LogP contribution is 2.37. The second kappa shape index (κ2) is 5.64. The fourth-order valence-electron chi connectivity index (χ4n) is 4.76. The summed E-state index contributed by atoms with van der Waals surface area (Å²) < 4.78 is 29.9. The number of fused-ring (bicyclic) bond motifs is 3. The number of carbonyl (C=O) groups is 1. The van der Waals surface area contributed by atoms with E-state index < -0.39 is 11.6 Å². The number of hydrogen-bond donors (Lipinski definition) is 2. The van der Waals surface area contributed by atoms with Gasteiger partial charge in [-0.1, -0.05) is 0 Å². The Hall–Kier alpha value is -1.73. The zero-order valence-electron chi connectivity index (χ0n) is 14.0. The molecule has 0 aliphatic carbocycles. The van der Waals surface area contributed by atoms with E-state index in [1.807, 2.05) is 4.90 Å². The summed E-state index contributed by atoms with van der Waals surface area (Å²) in [5, 5.41) is 6.66. The van der Waals surface area contributed by atoms with E-state index in [9.17, 15) is 9.18 Å². The molecule has 5 nitrogen and oxygen atoms in total. The molecule has 5 aliphatic rings. The molecule has 2 bridgehead atoms. The molecule has 1 aromatic rings.